The van der Waals surface area contributed by atoms with Crippen molar-refractivity contribution in [3.8, 4) is 11.5 Å². The van der Waals surface area contributed by atoms with E-state index in [4.69, 9.17) is 10.5 Å². The second-order valence-corrected chi connectivity index (χ2v) is 3.98. The summed E-state index contributed by atoms with van der Waals surface area (Å²) >= 11 is 3.34. The lowest BCUT2D eigenvalue weighted by Crippen LogP contribution is -2.09. The number of hydrogen-bond donors (Lipinski definition) is 2. The first-order chi connectivity index (χ1) is 6.60. The van der Waals surface area contributed by atoms with Crippen molar-refractivity contribution >= 4 is 28.3 Å². The van der Waals surface area contributed by atoms with Crippen LogP contribution in [0.5, 0.6) is 11.5 Å². The van der Waals surface area contributed by atoms with Crippen LogP contribution in [-0.4, -0.2) is 12.2 Å². The van der Waals surface area contributed by atoms with Crippen LogP contribution in [0.3, 0.4) is 0 Å². The average Bonchev–Trinajstić information content (AvgIpc) is 2.19. The Labute approximate surface area is 104 Å². The molecule has 0 aliphatic carbocycles. The van der Waals surface area contributed by atoms with Crippen molar-refractivity contribution in [1.29, 1.82) is 0 Å². The van der Waals surface area contributed by atoms with Gasteiger partial charge >= 0.3 is 0 Å². The zero-order valence-corrected chi connectivity index (χ0v) is 11.1. The largest absolute Gasteiger partial charge is 0.504 e. The molecule has 0 saturated heterocycles. The predicted octanol–water partition coefficient (Wildman–Crippen LogP) is 2.99. The van der Waals surface area contributed by atoms with Gasteiger partial charge < -0.3 is 15.6 Å². The molecule has 0 aromatic heterocycles. The van der Waals surface area contributed by atoms with E-state index < -0.39 is 0 Å². The summed E-state index contributed by atoms with van der Waals surface area (Å²) in [6.07, 6.45) is 0.771. The Bertz CT molecular complexity index is 333. The highest BCUT2D eigenvalue weighted by atomic mass is 79.9. The Morgan fingerprint density at radius 3 is 2.60 bits per heavy atom. The number of aromatic hydroxyl groups is 1. The minimum Gasteiger partial charge on any atom is -0.504 e. The number of hydrogen-bond acceptors (Lipinski definition) is 3. The number of benzene rings is 1. The lowest BCUT2D eigenvalue weighted by molar-refractivity contribution is 0.368. The van der Waals surface area contributed by atoms with Crippen LogP contribution in [0.25, 0.3) is 0 Å². The Hall–Kier alpha value is -0.450. The van der Waals surface area contributed by atoms with Gasteiger partial charge in [0.1, 0.15) is 0 Å². The number of methoxy groups -OCH3 is 1. The van der Waals surface area contributed by atoms with E-state index in [-0.39, 0.29) is 24.2 Å². The number of nitrogens with two attached hydrogens (primary N) is 1. The van der Waals surface area contributed by atoms with Crippen molar-refractivity contribution in [3.05, 3.63) is 22.2 Å². The van der Waals surface area contributed by atoms with Crippen LogP contribution in [0.15, 0.2) is 16.6 Å². The molecule has 1 aromatic carbocycles. The highest BCUT2D eigenvalue weighted by Gasteiger charge is 2.14. The first-order valence-electron chi connectivity index (χ1n) is 4.42. The zero-order valence-electron chi connectivity index (χ0n) is 8.66. The summed E-state index contributed by atoms with van der Waals surface area (Å²) in [6.45, 7) is 1.97. The second kappa shape index (κ2) is 6.20. The van der Waals surface area contributed by atoms with E-state index in [1.165, 1.54) is 7.11 Å². The van der Waals surface area contributed by atoms with Crippen LogP contribution in [0.4, 0.5) is 0 Å². The van der Waals surface area contributed by atoms with E-state index in [1.54, 1.807) is 6.07 Å². The number of rotatable bonds is 3. The van der Waals surface area contributed by atoms with Crippen LogP contribution >= 0.6 is 28.3 Å². The van der Waals surface area contributed by atoms with Crippen LogP contribution in [0, 0.1) is 0 Å². The average molecular weight is 297 g/mol. The maximum absolute atomic E-state index is 9.79. The molecular weight excluding hydrogens is 281 g/mol. The van der Waals surface area contributed by atoms with Gasteiger partial charge in [-0.2, -0.15) is 0 Å². The molecule has 3 N–H and O–H groups in total. The monoisotopic (exact) mass is 295 g/mol. The molecular formula is C10H15BrClNO2. The van der Waals surface area contributed by atoms with Crippen molar-refractivity contribution in [2.45, 2.75) is 19.4 Å². The van der Waals surface area contributed by atoms with E-state index in [2.05, 4.69) is 15.9 Å². The van der Waals surface area contributed by atoms with Crippen LogP contribution in [-0.2, 0) is 0 Å². The van der Waals surface area contributed by atoms with Crippen LogP contribution in [0.1, 0.15) is 24.9 Å². The Morgan fingerprint density at radius 1 is 1.53 bits per heavy atom. The van der Waals surface area contributed by atoms with Gasteiger partial charge in [-0.15, -0.1) is 12.4 Å². The first-order valence-corrected chi connectivity index (χ1v) is 5.21. The molecule has 0 fully saturated rings. The van der Waals surface area contributed by atoms with Gasteiger partial charge in [0.2, 0.25) is 0 Å². The molecule has 1 aromatic rings. The van der Waals surface area contributed by atoms with Gasteiger partial charge in [0, 0.05) is 16.1 Å². The summed E-state index contributed by atoms with van der Waals surface area (Å²) in [7, 11) is 1.52. The number of ether oxygens (including phenoxy) is 1. The van der Waals surface area contributed by atoms with Crippen LogP contribution in [0.2, 0.25) is 0 Å². The van der Waals surface area contributed by atoms with Crippen molar-refractivity contribution < 1.29 is 9.84 Å². The van der Waals surface area contributed by atoms with Gasteiger partial charge in [-0.3, -0.25) is 0 Å². The molecule has 1 rings (SSSR count). The van der Waals surface area contributed by atoms with Gasteiger partial charge in [0.15, 0.2) is 11.5 Å². The molecule has 0 aliphatic heterocycles. The predicted molar refractivity (Wildman–Crippen MR) is 66.8 cm³/mol. The molecule has 3 nitrogen and oxygen atoms in total. The topological polar surface area (TPSA) is 55.5 Å². The lowest BCUT2D eigenvalue weighted by Gasteiger charge is -2.14. The fourth-order valence-electron chi connectivity index (χ4n) is 1.25. The van der Waals surface area contributed by atoms with E-state index in [0.29, 0.717) is 11.3 Å². The molecule has 5 heteroatoms. The molecule has 0 spiro atoms. The highest BCUT2D eigenvalue weighted by molar-refractivity contribution is 9.10. The molecule has 0 aliphatic rings. The molecule has 1 atom stereocenters. The maximum atomic E-state index is 9.79. The summed E-state index contributed by atoms with van der Waals surface area (Å²) in [5, 5.41) is 9.79. The van der Waals surface area contributed by atoms with Crippen LogP contribution < -0.4 is 10.5 Å². The van der Waals surface area contributed by atoms with E-state index in [0.717, 1.165) is 10.9 Å². The molecule has 0 amide bonds. The van der Waals surface area contributed by atoms with Crippen molar-refractivity contribution in [3.63, 3.8) is 0 Å². The normalized spacial score (nSPS) is 11.7. The SMILES string of the molecule is CC[C@H](N)c1cc(Br)cc(OC)c1O.Cl. The molecule has 0 unspecified atom stereocenters. The third-order valence-corrected chi connectivity index (χ3v) is 2.59. The lowest BCUT2D eigenvalue weighted by atomic mass is 10.0. The zero-order chi connectivity index (χ0) is 10.7. The van der Waals surface area contributed by atoms with Crippen molar-refractivity contribution in [2.24, 2.45) is 5.73 Å². The fourth-order valence-corrected chi connectivity index (χ4v) is 1.71. The Balaban J connectivity index is 0.00000196. The quantitative estimate of drug-likeness (QED) is 0.901. The van der Waals surface area contributed by atoms with Crippen molar-refractivity contribution in [1.82, 2.24) is 0 Å². The number of phenolic OH excluding ortho intramolecular Hbond substituents is 1. The number of halogens is 2. The smallest absolute Gasteiger partial charge is 0.162 e. The summed E-state index contributed by atoms with van der Waals surface area (Å²) in [4.78, 5) is 0. The van der Waals surface area contributed by atoms with E-state index in [1.807, 2.05) is 13.0 Å². The van der Waals surface area contributed by atoms with Gasteiger partial charge in [-0.05, 0) is 18.6 Å². The molecule has 0 bridgehead atoms. The van der Waals surface area contributed by atoms with Crippen molar-refractivity contribution in [2.75, 3.05) is 7.11 Å². The summed E-state index contributed by atoms with van der Waals surface area (Å²) in [6, 6.07) is 3.36. The molecule has 0 saturated carbocycles. The first kappa shape index (κ1) is 14.6. The molecule has 0 radical (unpaired) electrons. The standard InChI is InChI=1S/C10H14BrNO2.ClH/c1-3-8(12)7-4-6(11)5-9(14-2)10(7)13;/h4-5,8,13H,3,12H2,1-2H3;1H/t8-;/m0./s1. The van der Waals surface area contributed by atoms with E-state index >= 15 is 0 Å². The Morgan fingerprint density at radius 2 is 2.13 bits per heavy atom. The van der Waals surface area contributed by atoms with Gasteiger partial charge in [0.05, 0.1) is 7.11 Å². The summed E-state index contributed by atoms with van der Waals surface area (Å²) < 4.78 is 5.88. The maximum Gasteiger partial charge on any atom is 0.162 e. The third kappa shape index (κ3) is 3.26. The minimum atomic E-state index is -0.165. The van der Waals surface area contributed by atoms with Gasteiger partial charge in [-0.1, -0.05) is 22.9 Å². The highest BCUT2D eigenvalue weighted by Crippen LogP contribution is 2.36. The summed E-state index contributed by atoms with van der Waals surface area (Å²) in [5.41, 5.74) is 6.56. The van der Waals surface area contributed by atoms with Gasteiger partial charge in [0.25, 0.3) is 0 Å². The minimum absolute atomic E-state index is 0. The summed E-state index contributed by atoms with van der Waals surface area (Å²) in [5.74, 6) is 0.573. The molecule has 15 heavy (non-hydrogen) atoms. The number of phenols is 1. The van der Waals surface area contributed by atoms with E-state index in [9.17, 15) is 5.11 Å². The molecule has 0 heterocycles. The second-order valence-electron chi connectivity index (χ2n) is 3.06. The van der Waals surface area contributed by atoms with Gasteiger partial charge in [-0.25, -0.2) is 0 Å². The fraction of sp³-hybridized carbons (Fsp3) is 0.400. The molecule has 86 valence electrons. The third-order valence-electron chi connectivity index (χ3n) is 2.13. The Kier molecular flexibility index (Phi) is 6.02.